The molecule has 1 saturated carbocycles. The number of thiocarbonyl (C=S) groups is 1. The van der Waals surface area contributed by atoms with Gasteiger partial charge in [-0.05, 0) is 43.1 Å². The molecule has 0 saturated heterocycles. The van der Waals surface area contributed by atoms with Gasteiger partial charge in [-0.15, -0.1) is 0 Å². The predicted octanol–water partition coefficient (Wildman–Crippen LogP) is 4.48. The van der Waals surface area contributed by atoms with Gasteiger partial charge >= 0.3 is 0 Å². The molecule has 1 aliphatic carbocycles. The summed E-state index contributed by atoms with van der Waals surface area (Å²) < 4.78 is 0. The number of benzene rings is 1. The van der Waals surface area contributed by atoms with Crippen LogP contribution < -0.4 is 5.32 Å². The third kappa shape index (κ3) is 3.14. The van der Waals surface area contributed by atoms with Crippen LogP contribution in [0.4, 0.5) is 5.69 Å². The monoisotopic (exact) mass is 288 g/mol. The van der Waals surface area contributed by atoms with Gasteiger partial charge in [-0.3, -0.25) is 0 Å². The van der Waals surface area contributed by atoms with Gasteiger partial charge in [0.2, 0.25) is 0 Å². The van der Waals surface area contributed by atoms with Crippen molar-refractivity contribution in [2.75, 3.05) is 11.9 Å². The van der Waals surface area contributed by atoms with Crippen molar-refractivity contribution in [2.24, 2.45) is 5.92 Å². The summed E-state index contributed by atoms with van der Waals surface area (Å²) in [5, 5.41) is 4.28. The largest absolute Gasteiger partial charge is 0.345 e. The van der Waals surface area contributed by atoms with Crippen LogP contribution in [0.5, 0.6) is 0 Å². The molecule has 1 aliphatic heterocycles. The van der Waals surface area contributed by atoms with E-state index in [1.54, 1.807) is 0 Å². The smallest absolute Gasteiger partial charge is 0.173 e. The van der Waals surface area contributed by atoms with Crippen LogP contribution in [-0.2, 0) is 6.54 Å². The Kier molecular flexibility index (Phi) is 4.25. The lowest BCUT2D eigenvalue weighted by atomic mass is 9.87. The van der Waals surface area contributed by atoms with Crippen molar-refractivity contribution >= 4 is 23.0 Å². The summed E-state index contributed by atoms with van der Waals surface area (Å²) >= 11 is 5.52. The molecule has 0 amide bonds. The van der Waals surface area contributed by atoms with Gasteiger partial charge < -0.3 is 10.2 Å². The number of hydrogen-bond donors (Lipinski definition) is 1. The molecule has 1 heterocycles. The first-order valence-electron chi connectivity index (χ1n) is 7.88. The van der Waals surface area contributed by atoms with Crippen molar-refractivity contribution in [1.82, 2.24) is 4.90 Å². The summed E-state index contributed by atoms with van der Waals surface area (Å²) in [6, 6.07) is 6.57. The Labute approximate surface area is 127 Å². The van der Waals surface area contributed by atoms with Crippen molar-refractivity contribution < 1.29 is 0 Å². The maximum Gasteiger partial charge on any atom is 0.173 e. The molecule has 0 aromatic heterocycles. The number of aryl methyl sites for hydroxylation is 1. The van der Waals surface area contributed by atoms with Crippen molar-refractivity contribution in [2.45, 2.75) is 52.0 Å². The first kappa shape index (κ1) is 13.9. The second-order valence-corrected chi connectivity index (χ2v) is 6.69. The van der Waals surface area contributed by atoms with Crippen LogP contribution in [0.1, 0.15) is 49.7 Å². The lowest BCUT2D eigenvalue weighted by Gasteiger charge is -2.33. The van der Waals surface area contributed by atoms with E-state index >= 15 is 0 Å². The molecule has 2 aliphatic rings. The Hall–Kier alpha value is -1.09. The summed E-state index contributed by atoms with van der Waals surface area (Å²) in [5.41, 5.74) is 3.89. The van der Waals surface area contributed by atoms with Crippen LogP contribution in [0.2, 0.25) is 0 Å². The second kappa shape index (κ2) is 6.13. The van der Waals surface area contributed by atoms with Crippen molar-refractivity contribution in [3.8, 4) is 0 Å². The molecule has 3 rings (SSSR count). The molecule has 108 valence electrons. The van der Waals surface area contributed by atoms with E-state index in [9.17, 15) is 0 Å². The Morgan fingerprint density at radius 2 is 2.05 bits per heavy atom. The molecular weight excluding hydrogens is 264 g/mol. The maximum absolute atomic E-state index is 5.52. The fourth-order valence-electron chi connectivity index (χ4n) is 3.44. The van der Waals surface area contributed by atoms with E-state index in [1.807, 2.05) is 0 Å². The number of fused-ring (bicyclic) bond motifs is 1. The predicted molar refractivity (Wildman–Crippen MR) is 89.0 cm³/mol. The highest BCUT2D eigenvalue weighted by atomic mass is 32.1. The first-order valence-corrected chi connectivity index (χ1v) is 8.28. The quantitative estimate of drug-likeness (QED) is 0.826. The average molecular weight is 288 g/mol. The van der Waals surface area contributed by atoms with E-state index in [0.717, 1.165) is 24.1 Å². The van der Waals surface area contributed by atoms with Crippen LogP contribution in [0.25, 0.3) is 0 Å². The third-order valence-electron chi connectivity index (χ3n) is 4.68. The molecular formula is C17H24N2S. The van der Waals surface area contributed by atoms with Crippen LogP contribution in [0, 0.1) is 12.8 Å². The topological polar surface area (TPSA) is 15.3 Å². The summed E-state index contributed by atoms with van der Waals surface area (Å²) in [5.74, 6) is 0.922. The fourth-order valence-corrected chi connectivity index (χ4v) is 3.71. The molecule has 1 aromatic rings. The zero-order chi connectivity index (χ0) is 13.9. The van der Waals surface area contributed by atoms with Crippen molar-refractivity contribution in [1.29, 1.82) is 0 Å². The minimum absolute atomic E-state index is 0.900. The van der Waals surface area contributed by atoms with E-state index in [1.165, 1.54) is 55.3 Å². The summed E-state index contributed by atoms with van der Waals surface area (Å²) in [6.07, 6.45) is 8.42. The number of nitrogens with zero attached hydrogens (tertiary/aromatic N) is 1. The normalized spacial score (nSPS) is 19.6. The summed E-state index contributed by atoms with van der Waals surface area (Å²) in [6.45, 7) is 4.22. The Bertz CT molecular complexity index is 492. The second-order valence-electron chi connectivity index (χ2n) is 6.31. The molecule has 1 aromatic carbocycles. The van der Waals surface area contributed by atoms with Gasteiger partial charge in [0.05, 0.1) is 0 Å². The van der Waals surface area contributed by atoms with Crippen LogP contribution in [0.15, 0.2) is 18.2 Å². The van der Waals surface area contributed by atoms with Gasteiger partial charge in [0.25, 0.3) is 0 Å². The average Bonchev–Trinajstić information content (AvgIpc) is 2.46. The lowest BCUT2D eigenvalue weighted by molar-refractivity contribution is 0.295. The van der Waals surface area contributed by atoms with Gasteiger partial charge in [-0.25, -0.2) is 0 Å². The van der Waals surface area contributed by atoms with E-state index in [-0.39, 0.29) is 0 Å². The molecule has 2 nitrogen and oxygen atoms in total. The van der Waals surface area contributed by atoms with Gasteiger partial charge in [0.1, 0.15) is 0 Å². The van der Waals surface area contributed by atoms with Crippen molar-refractivity contribution in [3.05, 3.63) is 29.3 Å². The number of rotatable bonds is 3. The van der Waals surface area contributed by atoms with Crippen LogP contribution in [0.3, 0.4) is 0 Å². The molecule has 0 atom stereocenters. The maximum atomic E-state index is 5.52. The molecule has 0 unspecified atom stereocenters. The van der Waals surface area contributed by atoms with Gasteiger partial charge in [0.15, 0.2) is 5.11 Å². The Morgan fingerprint density at radius 1 is 1.25 bits per heavy atom. The molecule has 3 heteroatoms. The summed E-state index contributed by atoms with van der Waals surface area (Å²) in [7, 11) is 0. The van der Waals surface area contributed by atoms with E-state index in [0.29, 0.717) is 0 Å². The molecule has 0 bridgehead atoms. The highest BCUT2D eigenvalue weighted by molar-refractivity contribution is 7.80. The first-order chi connectivity index (χ1) is 9.72. The fraction of sp³-hybridized carbons (Fsp3) is 0.588. The standard InChI is InChI=1S/C17H24N2S/c1-13-7-8-16-15(11-13)12-19(17(20)18-16)10-9-14-5-3-2-4-6-14/h7-8,11,14H,2-6,9-10,12H2,1H3,(H,18,20). The Morgan fingerprint density at radius 3 is 2.85 bits per heavy atom. The van der Waals surface area contributed by atoms with Gasteiger partial charge in [-0.1, -0.05) is 49.8 Å². The van der Waals surface area contributed by atoms with E-state index in [4.69, 9.17) is 12.2 Å². The minimum atomic E-state index is 0.900. The number of nitrogens with one attached hydrogen (secondary N) is 1. The highest BCUT2D eigenvalue weighted by Crippen LogP contribution is 2.28. The molecule has 1 N–H and O–H groups in total. The van der Waals surface area contributed by atoms with E-state index < -0.39 is 0 Å². The number of hydrogen-bond acceptors (Lipinski definition) is 1. The lowest BCUT2D eigenvalue weighted by Crippen LogP contribution is -2.39. The van der Waals surface area contributed by atoms with Gasteiger partial charge in [-0.2, -0.15) is 0 Å². The van der Waals surface area contributed by atoms with Crippen molar-refractivity contribution in [3.63, 3.8) is 0 Å². The highest BCUT2D eigenvalue weighted by Gasteiger charge is 2.21. The summed E-state index contributed by atoms with van der Waals surface area (Å²) in [4.78, 5) is 2.34. The molecule has 1 fully saturated rings. The zero-order valence-corrected chi connectivity index (χ0v) is 13.1. The minimum Gasteiger partial charge on any atom is -0.345 e. The third-order valence-corrected chi connectivity index (χ3v) is 5.04. The van der Waals surface area contributed by atoms with Crippen LogP contribution in [-0.4, -0.2) is 16.6 Å². The van der Waals surface area contributed by atoms with Gasteiger partial charge in [0, 0.05) is 18.8 Å². The zero-order valence-electron chi connectivity index (χ0n) is 12.3. The number of anilines is 1. The van der Waals surface area contributed by atoms with Crippen LogP contribution >= 0.6 is 12.2 Å². The SMILES string of the molecule is Cc1ccc2c(c1)CN(CCC1CCCCC1)C(=S)N2. The molecule has 0 spiro atoms. The molecule has 20 heavy (non-hydrogen) atoms. The van der Waals surface area contributed by atoms with E-state index in [2.05, 4.69) is 35.3 Å². The molecule has 0 radical (unpaired) electrons. The Balaban J connectivity index is 1.61.